The summed E-state index contributed by atoms with van der Waals surface area (Å²) in [5.74, 6) is 2.74. The summed E-state index contributed by atoms with van der Waals surface area (Å²) in [6.45, 7) is 7.78. The van der Waals surface area contributed by atoms with Crippen LogP contribution in [0.4, 0.5) is 0 Å². The molecule has 1 atom stereocenters. The summed E-state index contributed by atoms with van der Waals surface area (Å²) in [6.07, 6.45) is 5.29. The number of carbonyl (C=O) groups excluding carboxylic acids is 1. The van der Waals surface area contributed by atoms with E-state index in [-0.39, 0.29) is 17.1 Å². The van der Waals surface area contributed by atoms with Crippen molar-refractivity contribution in [1.29, 1.82) is 0 Å². The van der Waals surface area contributed by atoms with E-state index in [2.05, 4.69) is 5.92 Å². The van der Waals surface area contributed by atoms with Crippen molar-refractivity contribution in [2.24, 2.45) is 5.41 Å². The number of Topliss-reactive ketones (excluding diaryl/α,β-unsaturated/α-hetero) is 1. The molecule has 0 spiro atoms. The van der Waals surface area contributed by atoms with Crippen molar-refractivity contribution in [2.75, 3.05) is 0 Å². The van der Waals surface area contributed by atoms with Crippen LogP contribution in [-0.2, 0) is 4.79 Å². The molecule has 16 heavy (non-hydrogen) atoms. The molecule has 0 aromatic heterocycles. The van der Waals surface area contributed by atoms with E-state index < -0.39 is 0 Å². The Balaban J connectivity index is 2.94. The SMILES string of the molecule is C#Cc1ccc(C(C)C(=O)C(C)(C)C)cc1. The highest BCUT2D eigenvalue weighted by atomic mass is 16.1. The lowest BCUT2D eigenvalue weighted by atomic mass is 9.81. The normalized spacial score (nSPS) is 12.9. The average Bonchev–Trinajstić information content (AvgIpc) is 2.26. The highest BCUT2D eigenvalue weighted by Gasteiger charge is 2.27. The van der Waals surface area contributed by atoms with E-state index in [9.17, 15) is 4.79 Å². The Labute approximate surface area is 97.9 Å². The van der Waals surface area contributed by atoms with Gasteiger partial charge in [0.2, 0.25) is 0 Å². The average molecular weight is 214 g/mol. The molecule has 1 rings (SSSR count). The monoisotopic (exact) mass is 214 g/mol. The molecular formula is C15H18O. The lowest BCUT2D eigenvalue weighted by molar-refractivity contribution is -0.127. The molecule has 1 aromatic rings. The first-order valence-corrected chi connectivity index (χ1v) is 5.47. The molecule has 0 fully saturated rings. The standard InChI is InChI=1S/C15H18O/c1-6-12-7-9-13(10-8-12)11(2)14(16)15(3,4)5/h1,7-11H,2-5H3. The van der Waals surface area contributed by atoms with Crippen molar-refractivity contribution in [3.05, 3.63) is 35.4 Å². The maximum absolute atomic E-state index is 12.1. The van der Waals surface area contributed by atoms with E-state index in [4.69, 9.17) is 6.42 Å². The van der Waals surface area contributed by atoms with Crippen LogP contribution in [0, 0.1) is 17.8 Å². The van der Waals surface area contributed by atoms with Crippen LogP contribution in [0.2, 0.25) is 0 Å². The molecule has 0 bridgehead atoms. The van der Waals surface area contributed by atoms with Gasteiger partial charge >= 0.3 is 0 Å². The summed E-state index contributed by atoms with van der Waals surface area (Å²) in [5.41, 5.74) is 1.57. The van der Waals surface area contributed by atoms with E-state index in [1.54, 1.807) is 0 Å². The third-order valence-electron chi connectivity index (χ3n) is 2.71. The Morgan fingerprint density at radius 2 is 1.75 bits per heavy atom. The van der Waals surface area contributed by atoms with Gasteiger partial charge in [0.1, 0.15) is 5.78 Å². The van der Waals surface area contributed by atoms with Gasteiger partial charge in [-0.15, -0.1) is 6.42 Å². The second kappa shape index (κ2) is 4.53. The molecule has 0 saturated carbocycles. The molecule has 0 aliphatic carbocycles. The van der Waals surface area contributed by atoms with Gasteiger partial charge in [-0.25, -0.2) is 0 Å². The van der Waals surface area contributed by atoms with Crippen LogP contribution in [0.1, 0.15) is 44.7 Å². The Hall–Kier alpha value is -1.55. The fourth-order valence-electron chi connectivity index (χ4n) is 1.67. The fourth-order valence-corrected chi connectivity index (χ4v) is 1.67. The molecule has 0 aliphatic rings. The first kappa shape index (κ1) is 12.5. The Bertz CT molecular complexity index is 412. The van der Waals surface area contributed by atoms with Gasteiger partial charge in [0.05, 0.1) is 0 Å². The molecule has 0 N–H and O–H groups in total. The number of benzene rings is 1. The summed E-state index contributed by atoms with van der Waals surface area (Å²) >= 11 is 0. The summed E-state index contributed by atoms with van der Waals surface area (Å²) in [6, 6.07) is 7.62. The zero-order chi connectivity index (χ0) is 12.3. The first-order valence-electron chi connectivity index (χ1n) is 5.47. The predicted octanol–water partition coefficient (Wildman–Crippen LogP) is 3.39. The minimum Gasteiger partial charge on any atom is -0.298 e. The lowest BCUT2D eigenvalue weighted by Crippen LogP contribution is -2.25. The van der Waals surface area contributed by atoms with Crippen molar-refractivity contribution in [3.63, 3.8) is 0 Å². The first-order chi connectivity index (χ1) is 7.36. The topological polar surface area (TPSA) is 17.1 Å². The van der Waals surface area contributed by atoms with Gasteiger partial charge in [-0.3, -0.25) is 4.79 Å². The lowest BCUT2D eigenvalue weighted by Gasteiger charge is -2.22. The van der Waals surface area contributed by atoms with Gasteiger partial charge in [0.15, 0.2) is 0 Å². The minimum atomic E-state index is -0.301. The van der Waals surface area contributed by atoms with Crippen LogP contribution < -0.4 is 0 Å². The zero-order valence-electron chi connectivity index (χ0n) is 10.4. The maximum Gasteiger partial charge on any atom is 0.145 e. The van der Waals surface area contributed by atoms with E-state index in [0.29, 0.717) is 0 Å². The van der Waals surface area contributed by atoms with Gasteiger partial charge in [-0.1, -0.05) is 45.7 Å². The molecule has 0 aliphatic heterocycles. The van der Waals surface area contributed by atoms with Crippen molar-refractivity contribution in [1.82, 2.24) is 0 Å². The van der Waals surface area contributed by atoms with Crippen molar-refractivity contribution in [3.8, 4) is 12.3 Å². The van der Waals surface area contributed by atoms with Gasteiger partial charge in [-0.2, -0.15) is 0 Å². The highest BCUT2D eigenvalue weighted by molar-refractivity contribution is 5.89. The van der Waals surface area contributed by atoms with Crippen LogP contribution in [0.15, 0.2) is 24.3 Å². The van der Waals surface area contributed by atoms with Crippen LogP contribution in [0.5, 0.6) is 0 Å². The van der Waals surface area contributed by atoms with E-state index in [1.165, 1.54) is 0 Å². The largest absolute Gasteiger partial charge is 0.298 e. The molecule has 1 unspecified atom stereocenters. The van der Waals surface area contributed by atoms with Crippen LogP contribution in [0.3, 0.4) is 0 Å². The fraction of sp³-hybridized carbons (Fsp3) is 0.400. The number of hydrogen-bond acceptors (Lipinski definition) is 1. The van der Waals surface area contributed by atoms with Crippen molar-refractivity contribution < 1.29 is 4.79 Å². The second-order valence-electron chi connectivity index (χ2n) is 5.10. The van der Waals surface area contributed by atoms with Crippen LogP contribution in [0.25, 0.3) is 0 Å². The van der Waals surface area contributed by atoms with Gasteiger partial charge in [0, 0.05) is 16.9 Å². The molecule has 0 heterocycles. The second-order valence-corrected chi connectivity index (χ2v) is 5.10. The summed E-state index contributed by atoms with van der Waals surface area (Å²) in [7, 11) is 0. The molecule has 0 radical (unpaired) electrons. The molecular weight excluding hydrogens is 196 g/mol. The van der Waals surface area contributed by atoms with Crippen LogP contribution in [-0.4, -0.2) is 5.78 Å². The minimum absolute atomic E-state index is 0.0770. The number of rotatable bonds is 2. The third-order valence-corrected chi connectivity index (χ3v) is 2.71. The number of terminal acetylenes is 1. The molecule has 1 heteroatoms. The van der Waals surface area contributed by atoms with E-state index in [1.807, 2.05) is 52.0 Å². The predicted molar refractivity (Wildman–Crippen MR) is 67.3 cm³/mol. The van der Waals surface area contributed by atoms with Crippen molar-refractivity contribution in [2.45, 2.75) is 33.6 Å². The maximum atomic E-state index is 12.1. The highest BCUT2D eigenvalue weighted by Crippen LogP contribution is 2.27. The van der Waals surface area contributed by atoms with Gasteiger partial charge < -0.3 is 0 Å². The van der Waals surface area contributed by atoms with Crippen LogP contribution >= 0.6 is 0 Å². The smallest absolute Gasteiger partial charge is 0.145 e. The quantitative estimate of drug-likeness (QED) is 0.690. The molecule has 0 saturated heterocycles. The third kappa shape index (κ3) is 2.73. The number of carbonyl (C=O) groups is 1. The Morgan fingerprint density at radius 3 is 2.12 bits per heavy atom. The summed E-state index contributed by atoms with van der Waals surface area (Å²) in [4.78, 5) is 12.1. The van der Waals surface area contributed by atoms with Crippen molar-refractivity contribution >= 4 is 5.78 Å². The molecule has 0 amide bonds. The molecule has 1 nitrogen and oxygen atoms in total. The number of ketones is 1. The number of hydrogen-bond donors (Lipinski definition) is 0. The van der Waals surface area contributed by atoms with Gasteiger partial charge in [0.25, 0.3) is 0 Å². The molecule has 84 valence electrons. The van der Waals surface area contributed by atoms with E-state index in [0.717, 1.165) is 11.1 Å². The molecule has 1 aromatic carbocycles. The summed E-state index contributed by atoms with van der Waals surface area (Å²) in [5, 5.41) is 0. The Kier molecular flexibility index (Phi) is 3.55. The van der Waals surface area contributed by atoms with Gasteiger partial charge in [-0.05, 0) is 17.7 Å². The Morgan fingerprint density at radius 1 is 1.25 bits per heavy atom. The van der Waals surface area contributed by atoms with E-state index >= 15 is 0 Å². The summed E-state index contributed by atoms with van der Waals surface area (Å²) < 4.78 is 0. The zero-order valence-corrected chi connectivity index (χ0v) is 10.4.